The summed E-state index contributed by atoms with van der Waals surface area (Å²) in [5.41, 5.74) is 2.46. The Hall–Kier alpha value is -1.01. The molecule has 0 aliphatic carbocycles. The Kier molecular flexibility index (Phi) is 11.1. The van der Waals surface area contributed by atoms with E-state index in [2.05, 4.69) is 34.5 Å². The summed E-state index contributed by atoms with van der Waals surface area (Å²) in [4.78, 5) is 16.8. The van der Waals surface area contributed by atoms with Crippen LogP contribution in [0, 0.1) is 5.92 Å². The van der Waals surface area contributed by atoms with E-state index in [1.807, 2.05) is 11.9 Å². The maximum Gasteiger partial charge on any atom is 0.222 e. The van der Waals surface area contributed by atoms with Crippen LogP contribution in [0.1, 0.15) is 31.2 Å². The molecule has 0 saturated carbocycles. The molecule has 0 spiro atoms. The first-order valence-electron chi connectivity index (χ1n) is 9.59. The monoisotopic (exact) mass is 417 g/mol. The molecule has 0 atom stereocenters. The first-order chi connectivity index (χ1) is 12.2. The fraction of sp³-hybridized carbons (Fsp3) is 0.650. The van der Waals surface area contributed by atoms with Gasteiger partial charge in [-0.2, -0.15) is 0 Å². The second kappa shape index (κ2) is 12.4. The van der Waals surface area contributed by atoms with Gasteiger partial charge in [0, 0.05) is 38.8 Å². The Morgan fingerprint density at radius 3 is 2.56 bits per heavy atom. The molecule has 2 aliphatic heterocycles. The highest BCUT2D eigenvalue weighted by molar-refractivity contribution is 5.85. The summed E-state index contributed by atoms with van der Waals surface area (Å²) in [6.45, 7) is 6.27. The highest BCUT2D eigenvalue weighted by atomic mass is 35.5. The molecule has 0 unspecified atom stereocenters. The summed E-state index contributed by atoms with van der Waals surface area (Å²) < 4.78 is 5.46. The van der Waals surface area contributed by atoms with Gasteiger partial charge in [0.15, 0.2) is 0 Å². The lowest BCUT2D eigenvalue weighted by Crippen LogP contribution is -2.37. The molecule has 2 saturated heterocycles. The molecule has 1 aromatic carbocycles. The second-order valence-corrected chi connectivity index (χ2v) is 7.21. The van der Waals surface area contributed by atoms with Gasteiger partial charge in [-0.3, -0.25) is 4.79 Å². The van der Waals surface area contributed by atoms with Gasteiger partial charge in [0.25, 0.3) is 0 Å². The van der Waals surface area contributed by atoms with E-state index in [0.717, 1.165) is 45.8 Å². The van der Waals surface area contributed by atoms with E-state index < -0.39 is 0 Å². The zero-order chi connectivity index (χ0) is 17.5. The van der Waals surface area contributed by atoms with Crippen LogP contribution >= 0.6 is 24.8 Å². The van der Waals surface area contributed by atoms with E-state index in [1.165, 1.54) is 24.1 Å². The number of nitrogens with zero attached hydrogens (tertiary/aromatic N) is 2. The number of halogens is 2. The molecule has 0 radical (unpaired) electrons. The molecule has 27 heavy (non-hydrogen) atoms. The maximum atomic E-state index is 12.6. The van der Waals surface area contributed by atoms with E-state index in [4.69, 9.17) is 4.74 Å². The predicted octanol–water partition coefficient (Wildman–Crippen LogP) is 3.11. The molecule has 2 heterocycles. The van der Waals surface area contributed by atoms with E-state index in [-0.39, 0.29) is 30.7 Å². The van der Waals surface area contributed by atoms with E-state index in [9.17, 15) is 4.79 Å². The lowest BCUT2D eigenvalue weighted by Gasteiger charge is -2.31. The minimum Gasteiger partial charge on any atom is -0.378 e. The summed E-state index contributed by atoms with van der Waals surface area (Å²) in [5.74, 6) is 0.967. The Balaban J connectivity index is 0.00000182. The van der Waals surface area contributed by atoms with Gasteiger partial charge < -0.3 is 19.9 Å². The topological polar surface area (TPSA) is 44.8 Å². The minimum atomic E-state index is 0. The number of hydrogen-bond donors (Lipinski definition) is 1. The number of carbonyl (C=O) groups is 1. The molecule has 0 aromatic heterocycles. The average molecular weight is 418 g/mol. The Labute approximate surface area is 175 Å². The van der Waals surface area contributed by atoms with E-state index in [1.54, 1.807) is 0 Å². The zero-order valence-electron chi connectivity index (χ0n) is 16.2. The largest absolute Gasteiger partial charge is 0.378 e. The first-order valence-corrected chi connectivity index (χ1v) is 9.59. The molecular weight excluding hydrogens is 385 g/mol. The van der Waals surface area contributed by atoms with Gasteiger partial charge in [-0.15, -0.1) is 24.8 Å². The van der Waals surface area contributed by atoms with Crippen molar-refractivity contribution in [3.05, 3.63) is 29.8 Å². The van der Waals surface area contributed by atoms with Crippen molar-refractivity contribution in [2.75, 3.05) is 51.3 Å². The Morgan fingerprint density at radius 1 is 1.19 bits per heavy atom. The normalized spacial score (nSPS) is 17.6. The SMILES string of the molecule is CN(Cc1ccccc1N1CCOCC1)C(=O)CCC1CCNCC1.Cl.Cl. The molecule has 1 amide bonds. The summed E-state index contributed by atoms with van der Waals surface area (Å²) in [6.07, 6.45) is 4.10. The van der Waals surface area contributed by atoms with Crippen LogP contribution < -0.4 is 10.2 Å². The van der Waals surface area contributed by atoms with Gasteiger partial charge in [0.2, 0.25) is 5.91 Å². The van der Waals surface area contributed by atoms with Crippen LogP contribution in [0.2, 0.25) is 0 Å². The molecular formula is C20H33Cl2N3O2. The van der Waals surface area contributed by atoms with Gasteiger partial charge in [-0.25, -0.2) is 0 Å². The second-order valence-electron chi connectivity index (χ2n) is 7.21. The molecule has 2 aliphatic rings. The van der Waals surface area contributed by atoms with Crippen molar-refractivity contribution in [1.82, 2.24) is 10.2 Å². The number of anilines is 1. The highest BCUT2D eigenvalue weighted by Gasteiger charge is 2.19. The van der Waals surface area contributed by atoms with Crippen LogP contribution in [-0.2, 0) is 16.1 Å². The third-order valence-corrected chi connectivity index (χ3v) is 5.40. The number of ether oxygens (including phenoxy) is 1. The van der Waals surface area contributed by atoms with Crippen molar-refractivity contribution in [1.29, 1.82) is 0 Å². The lowest BCUT2D eigenvalue weighted by atomic mass is 9.93. The summed E-state index contributed by atoms with van der Waals surface area (Å²) in [6, 6.07) is 8.44. The minimum absolute atomic E-state index is 0. The van der Waals surface area contributed by atoms with Crippen molar-refractivity contribution in [3.8, 4) is 0 Å². The molecule has 1 N–H and O–H groups in total. The molecule has 7 heteroatoms. The highest BCUT2D eigenvalue weighted by Crippen LogP contribution is 2.23. The van der Waals surface area contributed by atoms with Crippen LogP contribution in [0.15, 0.2) is 24.3 Å². The Bertz CT molecular complexity index is 562. The van der Waals surface area contributed by atoms with Gasteiger partial charge >= 0.3 is 0 Å². The fourth-order valence-corrected chi connectivity index (χ4v) is 3.79. The zero-order valence-corrected chi connectivity index (χ0v) is 17.8. The predicted molar refractivity (Wildman–Crippen MR) is 115 cm³/mol. The van der Waals surface area contributed by atoms with Gasteiger partial charge in [0.1, 0.15) is 0 Å². The van der Waals surface area contributed by atoms with Crippen LogP contribution in [0.5, 0.6) is 0 Å². The van der Waals surface area contributed by atoms with Crippen molar-refractivity contribution in [2.45, 2.75) is 32.2 Å². The number of nitrogens with one attached hydrogen (secondary N) is 1. The number of benzene rings is 1. The number of rotatable bonds is 6. The van der Waals surface area contributed by atoms with E-state index >= 15 is 0 Å². The average Bonchev–Trinajstić information content (AvgIpc) is 2.68. The smallest absolute Gasteiger partial charge is 0.222 e. The van der Waals surface area contributed by atoms with Crippen molar-refractivity contribution < 1.29 is 9.53 Å². The van der Waals surface area contributed by atoms with Crippen LogP contribution in [0.4, 0.5) is 5.69 Å². The number of amides is 1. The van der Waals surface area contributed by atoms with E-state index in [0.29, 0.717) is 18.9 Å². The van der Waals surface area contributed by atoms with Crippen molar-refractivity contribution >= 4 is 36.4 Å². The number of piperidine rings is 1. The number of hydrogen-bond acceptors (Lipinski definition) is 4. The van der Waals surface area contributed by atoms with Gasteiger partial charge in [0.05, 0.1) is 13.2 Å². The standard InChI is InChI=1S/C20H31N3O2.2ClH/c1-22(20(24)7-6-17-8-10-21-11-9-17)16-18-4-2-3-5-19(18)23-12-14-25-15-13-23;;/h2-5,17,21H,6-16H2,1H3;2*1H. The molecule has 154 valence electrons. The molecule has 5 nitrogen and oxygen atoms in total. The molecule has 1 aromatic rings. The summed E-state index contributed by atoms with van der Waals surface area (Å²) >= 11 is 0. The summed E-state index contributed by atoms with van der Waals surface area (Å²) in [5, 5.41) is 3.39. The third kappa shape index (κ3) is 7.15. The lowest BCUT2D eigenvalue weighted by molar-refractivity contribution is -0.130. The van der Waals surface area contributed by atoms with Gasteiger partial charge in [-0.1, -0.05) is 18.2 Å². The fourth-order valence-electron chi connectivity index (χ4n) is 3.79. The summed E-state index contributed by atoms with van der Waals surface area (Å²) in [7, 11) is 1.93. The van der Waals surface area contributed by atoms with Crippen LogP contribution in [-0.4, -0.2) is 57.2 Å². The van der Waals surface area contributed by atoms with Crippen LogP contribution in [0.3, 0.4) is 0 Å². The number of carbonyl (C=O) groups excluding carboxylic acids is 1. The van der Waals surface area contributed by atoms with Gasteiger partial charge in [-0.05, 0) is 49.9 Å². The van der Waals surface area contributed by atoms with Crippen LogP contribution in [0.25, 0.3) is 0 Å². The van der Waals surface area contributed by atoms with Crippen molar-refractivity contribution in [3.63, 3.8) is 0 Å². The quantitative estimate of drug-likeness (QED) is 0.771. The molecule has 0 bridgehead atoms. The number of morpholine rings is 1. The van der Waals surface area contributed by atoms with Crippen molar-refractivity contribution in [2.24, 2.45) is 5.92 Å². The molecule has 3 rings (SSSR count). The Morgan fingerprint density at radius 2 is 1.85 bits per heavy atom. The first kappa shape index (κ1) is 24.0. The number of para-hydroxylation sites is 1. The third-order valence-electron chi connectivity index (χ3n) is 5.40. The molecule has 2 fully saturated rings. The maximum absolute atomic E-state index is 12.6.